The number of hydrogen-bond acceptors (Lipinski definition) is 1. The third-order valence-electron chi connectivity index (χ3n) is 2.02. The van der Waals surface area contributed by atoms with Crippen LogP contribution in [0, 0.1) is 0 Å². The van der Waals surface area contributed by atoms with Gasteiger partial charge < -0.3 is 10.1 Å². The Labute approximate surface area is 80.7 Å². The first kappa shape index (κ1) is 8.56. The Morgan fingerprint density at radius 2 is 2.21 bits per heavy atom. The molecule has 3 heteroatoms. The second-order valence-corrected chi connectivity index (χ2v) is 2.96. The van der Waals surface area contributed by atoms with E-state index in [9.17, 15) is 4.79 Å². The minimum absolute atomic E-state index is 0.884. The van der Waals surface area contributed by atoms with Crippen molar-refractivity contribution in [3.63, 3.8) is 0 Å². The summed E-state index contributed by atoms with van der Waals surface area (Å²) in [5.41, 5.74) is 1.85. The van der Waals surface area contributed by atoms with Crippen LogP contribution in [0.1, 0.15) is 5.56 Å². The zero-order chi connectivity index (χ0) is 9.97. The maximum Gasteiger partial charge on any atom is 0.328 e. The van der Waals surface area contributed by atoms with Crippen LogP contribution >= 0.6 is 0 Å². The lowest BCUT2D eigenvalue weighted by Crippen LogP contribution is -1.86. The van der Waals surface area contributed by atoms with Gasteiger partial charge in [-0.3, -0.25) is 0 Å². The van der Waals surface area contributed by atoms with Gasteiger partial charge in [0, 0.05) is 12.3 Å². The average Bonchev–Trinajstić information content (AvgIpc) is 2.62. The summed E-state index contributed by atoms with van der Waals surface area (Å²) in [6.07, 6.45) is 4.56. The minimum atomic E-state index is -0.937. The Bertz CT molecular complexity index is 497. The number of carboxylic acid groups (broad SMARTS) is 1. The summed E-state index contributed by atoms with van der Waals surface area (Å²) in [6.45, 7) is 0. The fourth-order valence-corrected chi connectivity index (χ4v) is 1.41. The Balaban J connectivity index is 2.51. The molecule has 2 N–H and O–H groups in total. The molecule has 1 aromatic heterocycles. The van der Waals surface area contributed by atoms with Gasteiger partial charge in [-0.1, -0.05) is 18.2 Å². The Kier molecular flexibility index (Phi) is 2.07. The third kappa shape index (κ3) is 1.52. The fraction of sp³-hybridized carbons (Fsp3) is 0. The van der Waals surface area contributed by atoms with Crippen molar-refractivity contribution in [2.45, 2.75) is 0 Å². The van der Waals surface area contributed by atoms with Crippen LogP contribution in [0.5, 0.6) is 0 Å². The van der Waals surface area contributed by atoms with E-state index in [0.29, 0.717) is 0 Å². The van der Waals surface area contributed by atoms with Gasteiger partial charge in [-0.2, -0.15) is 0 Å². The molecule has 0 unspecified atom stereocenters. The van der Waals surface area contributed by atoms with E-state index in [2.05, 4.69) is 4.98 Å². The van der Waals surface area contributed by atoms with Crippen LogP contribution in [0.25, 0.3) is 17.0 Å². The molecule has 0 aliphatic carbocycles. The smallest absolute Gasteiger partial charge is 0.328 e. The second kappa shape index (κ2) is 3.38. The first-order valence-corrected chi connectivity index (χ1v) is 4.24. The van der Waals surface area contributed by atoms with Crippen molar-refractivity contribution in [3.8, 4) is 0 Å². The molecule has 2 rings (SSSR count). The van der Waals surface area contributed by atoms with E-state index >= 15 is 0 Å². The Morgan fingerprint density at radius 1 is 1.36 bits per heavy atom. The molecule has 0 atom stereocenters. The number of aromatic amines is 1. The van der Waals surface area contributed by atoms with Crippen LogP contribution < -0.4 is 0 Å². The molecular formula is C11H9NO2. The number of aliphatic carboxylic acids is 1. The number of carboxylic acids is 1. The number of fused-ring (bicyclic) bond motifs is 1. The van der Waals surface area contributed by atoms with Crippen LogP contribution in [-0.4, -0.2) is 16.1 Å². The molecule has 0 bridgehead atoms. The summed E-state index contributed by atoms with van der Waals surface area (Å²) >= 11 is 0. The summed E-state index contributed by atoms with van der Waals surface area (Å²) in [6, 6.07) is 7.70. The highest BCUT2D eigenvalue weighted by Crippen LogP contribution is 2.17. The van der Waals surface area contributed by atoms with Crippen LogP contribution in [-0.2, 0) is 4.79 Å². The molecule has 2 aromatic rings. The minimum Gasteiger partial charge on any atom is -0.478 e. The first-order valence-electron chi connectivity index (χ1n) is 4.24. The second-order valence-electron chi connectivity index (χ2n) is 2.96. The molecule has 0 saturated heterocycles. The van der Waals surface area contributed by atoms with Gasteiger partial charge in [0.25, 0.3) is 0 Å². The molecule has 70 valence electrons. The van der Waals surface area contributed by atoms with Gasteiger partial charge in [0.2, 0.25) is 0 Å². The highest BCUT2D eigenvalue weighted by molar-refractivity contribution is 5.92. The zero-order valence-electron chi connectivity index (χ0n) is 7.40. The molecule has 0 aliphatic heterocycles. The van der Waals surface area contributed by atoms with E-state index in [4.69, 9.17) is 5.11 Å². The lowest BCUT2D eigenvalue weighted by molar-refractivity contribution is -0.131. The number of para-hydroxylation sites is 1. The third-order valence-corrected chi connectivity index (χ3v) is 2.02. The van der Waals surface area contributed by atoms with E-state index in [1.807, 2.05) is 30.5 Å². The lowest BCUT2D eigenvalue weighted by Gasteiger charge is -1.95. The van der Waals surface area contributed by atoms with Crippen molar-refractivity contribution < 1.29 is 9.90 Å². The number of rotatable bonds is 2. The van der Waals surface area contributed by atoms with Gasteiger partial charge in [-0.15, -0.1) is 0 Å². The fourth-order valence-electron chi connectivity index (χ4n) is 1.41. The quantitative estimate of drug-likeness (QED) is 0.708. The predicted octanol–water partition coefficient (Wildman–Crippen LogP) is 2.27. The number of aromatic nitrogens is 1. The molecule has 14 heavy (non-hydrogen) atoms. The first-order chi connectivity index (χ1) is 6.77. The van der Waals surface area contributed by atoms with Gasteiger partial charge in [-0.25, -0.2) is 4.79 Å². The standard InChI is InChI=1S/C11H9NO2/c13-10(14)5-4-8-2-1-3-9-6-7-12-11(8)9/h1-7,12H,(H,13,14). The van der Waals surface area contributed by atoms with E-state index < -0.39 is 5.97 Å². The maximum atomic E-state index is 10.3. The summed E-state index contributed by atoms with van der Waals surface area (Å²) in [4.78, 5) is 13.4. The molecular weight excluding hydrogens is 178 g/mol. The summed E-state index contributed by atoms with van der Waals surface area (Å²) in [5.74, 6) is -0.937. The van der Waals surface area contributed by atoms with Gasteiger partial charge in [0.15, 0.2) is 0 Å². The van der Waals surface area contributed by atoms with E-state index in [1.165, 1.54) is 0 Å². The van der Waals surface area contributed by atoms with Crippen LogP contribution in [0.15, 0.2) is 36.5 Å². The van der Waals surface area contributed by atoms with Gasteiger partial charge in [0.1, 0.15) is 0 Å². The Hall–Kier alpha value is -2.03. The molecule has 3 nitrogen and oxygen atoms in total. The molecule has 1 heterocycles. The number of hydrogen-bond donors (Lipinski definition) is 2. The Morgan fingerprint density at radius 3 is 3.00 bits per heavy atom. The van der Waals surface area contributed by atoms with E-state index in [-0.39, 0.29) is 0 Å². The average molecular weight is 187 g/mol. The molecule has 0 radical (unpaired) electrons. The molecule has 0 amide bonds. The van der Waals surface area contributed by atoms with E-state index in [0.717, 1.165) is 22.5 Å². The lowest BCUT2D eigenvalue weighted by atomic mass is 10.1. The molecule has 0 aliphatic rings. The van der Waals surface area contributed by atoms with Crippen molar-refractivity contribution in [2.75, 3.05) is 0 Å². The molecule has 0 saturated carbocycles. The van der Waals surface area contributed by atoms with Crippen molar-refractivity contribution in [1.29, 1.82) is 0 Å². The maximum absolute atomic E-state index is 10.3. The van der Waals surface area contributed by atoms with Crippen molar-refractivity contribution in [1.82, 2.24) is 4.98 Å². The monoisotopic (exact) mass is 187 g/mol. The van der Waals surface area contributed by atoms with Crippen molar-refractivity contribution in [3.05, 3.63) is 42.1 Å². The normalized spacial score (nSPS) is 11.1. The van der Waals surface area contributed by atoms with Crippen LogP contribution in [0.4, 0.5) is 0 Å². The largest absolute Gasteiger partial charge is 0.478 e. The molecule has 0 spiro atoms. The topological polar surface area (TPSA) is 53.1 Å². The van der Waals surface area contributed by atoms with Crippen molar-refractivity contribution >= 4 is 22.9 Å². The summed E-state index contributed by atoms with van der Waals surface area (Å²) < 4.78 is 0. The number of benzene rings is 1. The molecule has 1 aromatic carbocycles. The summed E-state index contributed by atoms with van der Waals surface area (Å²) in [5, 5.41) is 9.58. The van der Waals surface area contributed by atoms with Crippen LogP contribution in [0.2, 0.25) is 0 Å². The highest BCUT2D eigenvalue weighted by Gasteiger charge is 1.98. The van der Waals surface area contributed by atoms with E-state index in [1.54, 1.807) is 6.08 Å². The van der Waals surface area contributed by atoms with Gasteiger partial charge in [0.05, 0.1) is 5.52 Å². The van der Waals surface area contributed by atoms with Crippen molar-refractivity contribution in [2.24, 2.45) is 0 Å². The number of nitrogens with one attached hydrogen (secondary N) is 1. The summed E-state index contributed by atoms with van der Waals surface area (Å²) in [7, 11) is 0. The predicted molar refractivity (Wildman–Crippen MR) is 55.0 cm³/mol. The number of carbonyl (C=O) groups is 1. The highest BCUT2D eigenvalue weighted by atomic mass is 16.4. The van der Waals surface area contributed by atoms with Gasteiger partial charge in [-0.05, 0) is 23.1 Å². The van der Waals surface area contributed by atoms with Gasteiger partial charge >= 0.3 is 5.97 Å². The molecule has 0 fully saturated rings. The van der Waals surface area contributed by atoms with Crippen LogP contribution in [0.3, 0.4) is 0 Å². The number of H-pyrrole nitrogens is 1. The zero-order valence-corrected chi connectivity index (χ0v) is 7.40. The SMILES string of the molecule is O=C(O)C=Cc1cccc2cc[nH]c12.